The summed E-state index contributed by atoms with van der Waals surface area (Å²) in [7, 11) is 0. The summed E-state index contributed by atoms with van der Waals surface area (Å²) in [6.45, 7) is 5.93. The summed E-state index contributed by atoms with van der Waals surface area (Å²) in [6, 6.07) is 12.4. The first-order valence-corrected chi connectivity index (χ1v) is 12.7. The average molecular weight is 460 g/mol. The van der Waals surface area contributed by atoms with Crippen molar-refractivity contribution in [3.63, 3.8) is 0 Å². The van der Waals surface area contributed by atoms with Gasteiger partial charge in [0.15, 0.2) is 0 Å². The first kappa shape index (κ1) is 23.2. The molecule has 0 amide bonds. The van der Waals surface area contributed by atoms with Crippen LogP contribution < -0.4 is 0 Å². The summed E-state index contributed by atoms with van der Waals surface area (Å²) < 4.78 is 0. The van der Waals surface area contributed by atoms with Crippen LogP contribution in [0.5, 0.6) is 5.75 Å². The third kappa shape index (κ3) is 4.65. The van der Waals surface area contributed by atoms with Crippen LogP contribution in [0.1, 0.15) is 76.0 Å². The molecule has 0 spiro atoms. The first-order valence-electron chi connectivity index (χ1n) is 12.7. The Hall–Kier alpha value is -2.59. The number of hydrogen-bond acceptors (Lipinski definition) is 4. The molecule has 4 bridgehead atoms. The lowest BCUT2D eigenvalue weighted by Gasteiger charge is -2.57. The maximum Gasteiger partial charge on any atom is 0.129 e. The van der Waals surface area contributed by atoms with E-state index in [2.05, 4.69) is 29.4 Å². The topological polar surface area (TPSA) is 62.0 Å². The number of aliphatic hydroxyl groups is 1. The van der Waals surface area contributed by atoms with Crippen LogP contribution in [0.3, 0.4) is 0 Å². The third-order valence-corrected chi connectivity index (χ3v) is 7.93. The second kappa shape index (κ2) is 8.88. The highest BCUT2D eigenvalue weighted by molar-refractivity contribution is 5.91. The SMILES string of the molecule is CC(C)(C)O/N=C/c1cc(/C=C/CO)ccc1-c1ccc(O)c(C23CC4CC(CC(C4)C2)C3)c1. The zero-order chi connectivity index (χ0) is 23.9. The Labute approximate surface area is 203 Å². The van der Waals surface area contributed by atoms with Gasteiger partial charge in [0.2, 0.25) is 0 Å². The van der Waals surface area contributed by atoms with Crippen LogP contribution in [-0.4, -0.2) is 28.6 Å². The lowest BCUT2D eigenvalue weighted by atomic mass is 9.48. The molecule has 0 aromatic heterocycles. The van der Waals surface area contributed by atoms with Gasteiger partial charge in [0.1, 0.15) is 11.4 Å². The predicted molar refractivity (Wildman–Crippen MR) is 138 cm³/mol. The molecule has 180 valence electrons. The van der Waals surface area contributed by atoms with Crippen molar-refractivity contribution in [2.45, 2.75) is 70.3 Å². The van der Waals surface area contributed by atoms with Crippen molar-refractivity contribution in [3.05, 3.63) is 59.2 Å². The van der Waals surface area contributed by atoms with Gasteiger partial charge in [0, 0.05) is 11.1 Å². The minimum Gasteiger partial charge on any atom is -0.508 e. The van der Waals surface area contributed by atoms with E-state index in [1.807, 2.05) is 39.0 Å². The number of aromatic hydroxyl groups is 1. The quantitative estimate of drug-likeness (QED) is 0.374. The van der Waals surface area contributed by atoms with Crippen LogP contribution in [0.15, 0.2) is 47.6 Å². The smallest absolute Gasteiger partial charge is 0.129 e. The Morgan fingerprint density at radius 3 is 2.29 bits per heavy atom. The van der Waals surface area contributed by atoms with Crippen molar-refractivity contribution in [2.75, 3.05) is 6.61 Å². The second-order valence-electron chi connectivity index (χ2n) is 11.8. The van der Waals surface area contributed by atoms with E-state index in [9.17, 15) is 10.2 Å². The maximum absolute atomic E-state index is 11.0. The van der Waals surface area contributed by atoms with Crippen molar-refractivity contribution in [3.8, 4) is 16.9 Å². The van der Waals surface area contributed by atoms with Gasteiger partial charge in [-0.15, -0.1) is 0 Å². The summed E-state index contributed by atoms with van der Waals surface area (Å²) in [6.07, 6.45) is 13.2. The Bertz CT molecular complexity index is 1070. The van der Waals surface area contributed by atoms with Gasteiger partial charge in [0.25, 0.3) is 0 Å². The number of aliphatic hydroxyl groups excluding tert-OH is 1. The lowest BCUT2D eigenvalue weighted by Crippen LogP contribution is -2.48. The highest BCUT2D eigenvalue weighted by atomic mass is 16.6. The predicted octanol–water partition coefficient (Wildman–Crippen LogP) is 6.68. The molecule has 4 nitrogen and oxygen atoms in total. The molecule has 0 saturated heterocycles. The highest BCUT2D eigenvalue weighted by Gasteiger charge is 2.52. The molecule has 4 heteroatoms. The fourth-order valence-corrected chi connectivity index (χ4v) is 7.05. The molecular formula is C30H37NO3. The van der Waals surface area contributed by atoms with Gasteiger partial charge in [0.05, 0.1) is 12.8 Å². The van der Waals surface area contributed by atoms with E-state index in [0.29, 0.717) is 5.75 Å². The lowest BCUT2D eigenvalue weighted by molar-refractivity contribution is -0.00611. The molecular weight excluding hydrogens is 422 g/mol. The first-order chi connectivity index (χ1) is 16.2. The molecule has 2 N–H and O–H groups in total. The third-order valence-electron chi connectivity index (χ3n) is 7.93. The Morgan fingerprint density at radius 2 is 1.68 bits per heavy atom. The van der Waals surface area contributed by atoms with Gasteiger partial charge >= 0.3 is 0 Å². The number of nitrogens with zero attached hydrogens (tertiary/aromatic N) is 1. The Balaban J connectivity index is 1.54. The average Bonchev–Trinajstić information content (AvgIpc) is 2.76. The zero-order valence-electron chi connectivity index (χ0n) is 20.6. The fraction of sp³-hybridized carbons (Fsp3) is 0.500. The molecule has 0 heterocycles. The van der Waals surface area contributed by atoms with Gasteiger partial charge in [-0.1, -0.05) is 35.5 Å². The van der Waals surface area contributed by atoms with E-state index in [1.165, 1.54) is 38.5 Å². The zero-order valence-corrected chi connectivity index (χ0v) is 20.6. The molecule has 4 fully saturated rings. The maximum atomic E-state index is 11.0. The van der Waals surface area contributed by atoms with Crippen molar-refractivity contribution >= 4 is 12.3 Å². The number of rotatable bonds is 6. The van der Waals surface area contributed by atoms with Gasteiger partial charge in [-0.05, 0) is 117 Å². The second-order valence-corrected chi connectivity index (χ2v) is 11.8. The van der Waals surface area contributed by atoms with Crippen molar-refractivity contribution < 1.29 is 15.1 Å². The fourth-order valence-electron chi connectivity index (χ4n) is 7.05. The molecule has 0 radical (unpaired) electrons. The van der Waals surface area contributed by atoms with E-state index >= 15 is 0 Å². The molecule has 4 saturated carbocycles. The van der Waals surface area contributed by atoms with Crippen molar-refractivity contribution in [1.82, 2.24) is 0 Å². The van der Waals surface area contributed by atoms with Crippen LogP contribution in [0.4, 0.5) is 0 Å². The largest absolute Gasteiger partial charge is 0.508 e. The van der Waals surface area contributed by atoms with E-state index in [1.54, 1.807) is 12.3 Å². The minimum atomic E-state index is -0.366. The number of phenolic OH excluding ortho intramolecular Hbond substituents is 1. The molecule has 4 aliphatic carbocycles. The van der Waals surface area contributed by atoms with Gasteiger partial charge < -0.3 is 15.1 Å². The summed E-state index contributed by atoms with van der Waals surface area (Å²) in [5.74, 6) is 2.91. The van der Waals surface area contributed by atoms with E-state index in [0.717, 1.165) is 45.6 Å². The molecule has 0 atom stereocenters. The summed E-state index contributed by atoms with van der Waals surface area (Å²) in [4.78, 5) is 5.62. The Morgan fingerprint density at radius 1 is 1.00 bits per heavy atom. The summed E-state index contributed by atoms with van der Waals surface area (Å²) >= 11 is 0. The van der Waals surface area contributed by atoms with Gasteiger partial charge in [-0.3, -0.25) is 0 Å². The number of hydrogen-bond donors (Lipinski definition) is 2. The van der Waals surface area contributed by atoms with Gasteiger partial charge in [-0.2, -0.15) is 0 Å². The molecule has 34 heavy (non-hydrogen) atoms. The molecule has 0 aliphatic heterocycles. The number of benzene rings is 2. The minimum absolute atomic E-state index is 0.00466. The van der Waals surface area contributed by atoms with Crippen LogP contribution in [-0.2, 0) is 10.3 Å². The van der Waals surface area contributed by atoms with Crippen LogP contribution >= 0.6 is 0 Å². The van der Waals surface area contributed by atoms with E-state index in [-0.39, 0.29) is 17.6 Å². The van der Waals surface area contributed by atoms with Gasteiger partial charge in [-0.25, -0.2) is 0 Å². The number of oxime groups is 1. The molecule has 2 aromatic rings. The molecule has 4 aliphatic rings. The summed E-state index contributed by atoms with van der Waals surface area (Å²) in [5, 5.41) is 24.4. The summed E-state index contributed by atoms with van der Waals surface area (Å²) in [5.41, 5.74) is 5.01. The van der Waals surface area contributed by atoms with Crippen LogP contribution in [0.2, 0.25) is 0 Å². The molecule has 6 rings (SSSR count). The Kier molecular flexibility index (Phi) is 6.05. The standard InChI is InChI=1S/C30H37NO3/c1-29(2,3)34-31-19-25-14-20(5-4-10-32)6-8-26(25)24-7-9-28(33)27(15-24)30-16-21-11-22(17-30)13-23(12-21)18-30/h4-9,14-15,19,21-23,32-33H,10-13,16-18H2,1-3H3/b5-4+,31-19+. The molecule has 0 unspecified atom stereocenters. The van der Waals surface area contributed by atoms with Crippen molar-refractivity contribution in [1.29, 1.82) is 0 Å². The van der Waals surface area contributed by atoms with E-state index < -0.39 is 0 Å². The monoisotopic (exact) mass is 459 g/mol. The normalized spacial score (nSPS) is 28.3. The molecule has 2 aromatic carbocycles. The number of phenols is 1. The van der Waals surface area contributed by atoms with Crippen LogP contribution in [0, 0.1) is 17.8 Å². The van der Waals surface area contributed by atoms with Crippen molar-refractivity contribution in [2.24, 2.45) is 22.9 Å². The van der Waals surface area contributed by atoms with Crippen LogP contribution in [0.25, 0.3) is 17.2 Å². The van der Waals surface area contributed by atoms with E-state index in [4.69, 9.17) is 4.84 Å². The highest BCUT2D eigenvalue weighted by Crippen LogP contribution is 2.62.